The van der Waals surface area contributed by atoms with Crippen LogP contribution in [0.5, 0.6) is 5.75 Å². The first-order valence-corrected chi connectivity index (χ1v) is 8.84. The van der Waals surface area contributed by atoms with Crippen molar-refractivity contribution in [2.45, 2.75) is 50.3 Å². The van der Waals surface area contributed by atoms with Crippen LogP contribution in [0.1, 0.15) is 49.4 Å². The summed E-state index contributed by atoms with van der Waals surface area (Å²) in [5.41, 5.74) is 1.66. The van der Waals surface area contributed by atoms with Crippen LogP contribution in [0, 0.1) is 0 Å². The molecule has 1 spiro atoms. The highest BCUT2D eigenvalue weighted by Crippen LogP contribution is 2.47. The van der Waals surface area contributed by atoms with Crippen molar-refractivity contribution in [1.29, 1.82) is 0 Å². The minimum atomic E-state index is -0.128. The Morgan fingerprint density at radius 2 is 2.12 bits per heavy atom. The zero-order chi connectivity index (χ0) is 17.3. The number of rotatable bonds is 3. The van der Waals surface area contributed by atoms with Gasteiger partial charge in [0.25, 0.3) is 0 Å². The minimum Gasteiger partial charge on any atom is -0.487 e. The van der Waals surface area contributed by atoms with Gasteiger partial charge in [0.2, 0.25) is 0 Å². The average molecular weight is 341 g/mol. The predicted molar refractivity (Wildman–Crippen MR) is 92.1 cm³/mol. The lowest BCUT2D eigenvalue weighted by Crippen LogP contribution is -2.46. The number of nitrogens with one attached hydrogen (secondary N) is 1. The molecule has 0 radical (unpaired) electrons. The molecule has 6 nitrogen and oxygen atoms in total. The summed E-state index contributed by atoms with van der Waals surface area (Å²) in [6.45, 7) is 0.415. The second-order valence-corrected chi connectivity index (χ2v) is 7.08. The highest BCUT2D eigenvalue weighted by atomic mass is 16.5. The maximum atomic E-state index is 12.7. The van der Waals surface area contributed by atoms with Crippen molar-refractivity contribution < 1.29 is 14.1 Å². The van der Waals surface area contributed by atoms with E-state index in [1.807, 2.05) is 24.3 Å². The van der Waals surface area contributed by atoms with Crippen molar-refractivity contribution >= 4 is 6.03 Å². The lowest BCUT2D eigenvalue weighted by molar-refractivity contribution is 0.0377. The Morgan fingerprint density at radius 3 is 2.88 bits per heavy atom. The molecule has 2 aromatic rings. The fourth-order valence-corrected chi connectivity index (χ4v) is 3.97. The number of benzene rings is 1. The number of aromatic nitrogens is 1. The van der Waals surface area contributed by atoms with Crippen LogP contribution in [-0.2, 0) is 6.54 Å². The van der Waals surface area contributed by atoms with Crippen molar-refractivity contribution in [3.8, 4) is 5.75 Å². The second kappa shape index (κ2) is 6.43. The van der Waals surface area contributed by atoms with Gasteiger partial charge in [-0.2, -0.15) is 0 Å². The molecule has 1 saturated carbocycles. The summed E-state index contributed by atoms with van der Waals surface area (Å²) in [5.74, 6) is 0.903. The molecular weight excluding hydrogens is 318 g/mol. The molecule has 6 heteroatoms. The Morgan fingerprint density at radius 1 is 1.32 bits per heavy atom. The van der Waals surface area contributed by atoms with E-state index in [0.29, 0.717) is 6.54 Å². The Balaban J connectivity index is 1.51. The minimum absolute atomic E-state index is 0.0321. The van der Waals surface area contributed by atoms with E-state index in [2.05, 4.69) is 10.5 Å². The molecule has 2 heterocycles. The zero-order valence-corrected chi connectivity index (χ0v) is 14.4. The fourth-order valence-electron chi connectivity index (χ4n) is 3.97. The van der Waals surface area contributed by atoms with Crippen molar-refractivity contribution in [1.82, 2.24) is 15.4 Å². The Labute approximate surface area is 147 Å². The lowest BCUT2D eigenvalue weighted by atomic mass is 9.86. The van der Waals surface area contributed by atoms with Crippen LogP contribution in [0.25, 0.3) is 0 Å². The highest BCUT2D eigenvalue weighted by molar-refractivity contribution is 5.74. The molecule has 1 aliphatic carbocycles. The predicted octanol–water partition coefficient (Wildman–Crippen LogP) is 3.65. The van der Waals surface area contributed by atoms with Crippen LogP contribution in [0.2, 0.25) is 0 Å². The number of amides is 2. The van der Waals surface area contributed by atoms with E-state index in [-0.39, 0.29) is 17.7 Å². The van der Waals surface area contributed by atoms with Gasteiger partial charge < -0.3 is 19.5 Å². The van der Waals surface area contributed by atoms with Gasteiger partial charge in [-0.3, -0.25) is 0 Å². The van der Waals surface area contributed by atoms with Crippen LogP contribution in [0.15, 0.2) is 41.1 Å². The SMILES string of the molecule is CN(Cc1ccon1)C(=O)N[C@@H]1CC2(CCCC2)Oc2ccccc21. The third-order valence-electron chi connectivity index (χ3n) is 5.25. The lowest BCUT2D eigenvalue weighted by Gasteiger charge is -2.40. The van der Waals surface area contributed by atoms with Crippen LogP contribution in [-0.4, -0.2) is 28.7 Å². The largest absolute Gasteiger partial charge is 0.487 e. The maximum Gasteiger partial charge on any atom is 0.317 e. The van der Waals surface area contributed by atoms with E-state index >= 15 is 0 Å². The van der Waals surface area contributed by atoms with Crippen LogP contribution in [0.3, 0.4) is 0 Å². The zero-order valence-electron chi connectivity index (χ0n) is 14.4. The summed E-state index contributed by atoms with van der Waals surface area (Å²) in [7, 11) is 1.76. The first-order valence-electron chi connectivity index (χ1n) is 8.84. The molecule has 1 aromatic carbocycles. The molecule has 1 fully saturated rings. The summed E-state index contributed by atoms with van der Waals surface area (Å²) >= 11 is 0. The van der Waals surface area contributed by atoms with Crippen molar-refractivity contribution in [3.05, 3.63) is 47.9 Å². The Hall–Kier alpha value is -2.50. The van der Waals surface area contributed by atoms with Gasteiger partial charge in [-0.05, 0) is 31.7 Å². The molecule has 0 saturated heterocycles. The Kier molecular flexibility index (Phi) is 4.11. The van der Waals surface area contributed by atoms with Gasteiger partial charge in [0.1, 0.15) is 23.3 Å². The van der Waals surface area contributed by atoms with E-state index in [0.717, 1.165) is 36.3 Å². The van der Waals surface area contributed by atoms with Gasteiger partial charge in [0, 0.05) is 25.1 Å². The summed E-state index contributed by atoms with van der Waals surface area (Å²) in [6.07, 6.45) is 6.84. The first-order chi connectivity index (χ1) is 12.2. The number of hydrogen-bond acceptors (Lipinski definition) is 4. The van der Waals surface area contributed by atoms with E-state index in [1.165, 1.54) is 19.1 Å². The third-order valence-corrected chi connectivity index (χ3v) is 5.25. The molecule has 25 heavy (non-hydrogen) atoms. The molecule has 0 unspecified atom stereocenters. The molecule has 4 rings (SSSR count). The second-order valence-electron chi connectivity index (χ2n) is 7.08. The van der Waals surface area contributed by atoms with E-state index in [1.54, 1.807) is 18.0 Å². The standard InChI is InChI=1S/C19H23N3O3/c1-22(13-14-8-11-24-21-14)18(23)20-16-12-19(9-4-5-10-19)25-17-7-3-2-6-15(16)17/h2-3,6-8,11,16H,4-5,9-10,12-13H2,1H3,(H,20,23)/t16-/m1/s1. The first kappa shape index (κ1) is 16.0. The quantitative estimate of drug-likeness (QED) is 0.925. The molecule has 1 aliphatic heterocycles. The van der Waals surface area contributed by atoms with Gasteiger partial charge in [-0.1, -0.05) is 23.4 Å². The number of carbonyl (C=O) groups excluding carboxylic acids is 1. The molecule has 2 amide bonds. The smallest absolute Gasteiger partial charge is 0.317 e. The summed E-state index contributed by atoms with van der Waals surface area (Å²) in [4.78, 5) is 14.3. The maximum absolute atomic E-state index is 12.7. The molecular formula is C19H23N3O3. The number of carbonyl (C=O) groups is 1. The topological polar surface area (TPSA) is 67.6 Å². The van der Waals surface area contributed by atoms with Crippen molar-refractivity contribution in [2.75, 3.05) is 7.05 Å². The van der Waals surface area contributed by atoms with Crippen molar-refractivity contribution in [2.24, 2.45) is 0 Å². The molecule has 0 bridgehead atoms. The van der Waals surface area contributed by atoms with Crippen LogP contribution < -0.4 is 10.1 Å². The number of urea groups is 1. The van der Waals surface area contributed by atoms with Crippen molar-refractivity contribution in [3.63, 3.8) is 0 Å². The normalized spacial score (nSPS) is 20.8. The van der Waals surface area contributed by atoms with Gasteiger partial charge in [0.05, 0.1) is 12.6 Å². The molecule has 2 aliphatic rings. The summed E-state index contributed by atoms with van der Waals surface area (Å²) < 4.78 is 11.2. The monoisotopic (exact) mass is 341 g/mol. The van der Waals surface area contributed by atoms with Gasteiger partial charge in [-0.25, -0.2) is 4.79 Å². The third kappa shape index (κ3) is 3.21. The van der Waals surface area contributed by atoms with E-state index in [9.17, 15) is 4.79 Å². The van der Waals surface area contributed by atoms with Gasteiger partial charge in [-0.15, -0.1) is 0 Å². The number of hydrogen-bond donors (Lipinski definition) is 1. The van der Waals surface area contributed by atoms with Gasteiger partial charge in [0.15, 0.2) is 0 Å². The number of para-hydroxylation sites is 1. The molecule has 132 valence electrons. The van der Waals surface area contributed by atoms with Crippen LogP contribution >= 0.6 is 0 Å². The average Bonchev–Trinajstić information content (AvgIpc) is 3.27. The van der Waals surface area contributed by atoms with Crippen LogP contribution in [0.4, 0.5) is 4.79 Å². The fraction of sp³-hybridized carbons (Fsp3) is 0.474. The van der Waals surface area contributed by atoms with E-state index in [4.69, 9.17) is 9.26 Å². The molecule has 1 N–H and O–H groups in total. The summed E-state index contributed by atoms with van der Waals surface area (Å²) in [5, 5.41) is 7.05. The number of nitrogens with zero attached hydrogens (tertiary/aromatic N) is 2. The number of ether oxygens (including phenoxy) is 1. The molecule has 1 atom stereocenters. The Bertz CT molecular complexity index is 738. The van der Waals surface area contributed by atoms with Gasteiger partial charge >= 0.3 is 6.03 Å². The van der Waals surface area contributed by atoms with E-state index < -0.39 is 0 Å². The molecule has 1 aromatic heterocycles. The highest BCUT2D eigenvalue weighted by Gasteiger charge is 2.43. The number of fused-ring (bicyclic) bond motifs is 1. The summed E-state index contributed by atoms with van der Waals surface area (Å²) in [6, 6.07) is 9.65.